The molecule has 2 rings (SSSR count). The number of rotatable bonds is 7. The summed E-state index contributed by atoms with van der Waals surface area (Å²) < 4.78 is 20.1. The fraction of sp³-hybridized carbons (Fsp3) is 0.278. The molecule has 0 atom stereocenters. The third-order valence-corrected chi connectivity index (χ3v) is 3.93. The topological polar surface area (TPSA) is 29.5 Å². The monoisotopic (exact) mass is 379 g/mol. The maximum atomic E-state index is 13.8. The van der Waals surface area contributed by atoms with E-state index in [1.807, 2.05) is 37.3 Å². The predicted molar refractivity (Wildman–Crippen MR) is 91.3 cm³/mol. The van der Waals surface area contributed by atoms with Gasteiger partial charge >= 0.3 is 0 Å². The van der Waals surface area contributed by atoms with Gasteiger partial charge in [0.1, 0.15) is 12.4 Å². The Hall–Kier alpha value is -1.72. The van der Waals surface area contributed by atoms with Crippen LogP contribution in [0.25, 0.3) is 0 Å². The van der Waals surface area contributed by atoms with E-state index in [-0.39, 0.29) is 24.9 Å². The first kappa shape index (κ1) is 17.6. The van der Waals surface area contributed by atoms with Crippen LogP contribution >= 0.6 is 15.9 Å². The second-order valence-corrected chi connectivity index (χ2v) is 6.04. The summed E-state index contributed by atoms with van der Waals surface area (Å²) in [5.74, 6) is -0.465. The smallest absolute Gasteiger partial charge is 0.248 e. The minimum absolute atomic E-state index is 0.0155. The van der Waals surface area contributed by atoms with Gasteiger partial charge in [-0.15, -0.1) is 0 Å². The molecule has 0 aliphatic rings. The van der Waals surface area contributed by atoms with E-state index in [1.54, 1.807) is 17.0 Å². The van der Waals surface area contributed by atoms with Crippen molar-refractivity contribution in [1.29, 1.82) is 0 Å². The van der Waals surface area contributed by atoms with Crippen LogP contribution in [0.15, 0.2) is 53.0 Å². The Labute approximate surface area is 144 Å². The zero-order valence-corrected chi connectivity index (χ0v) is 14.6. The van der Waals surface area contributed by atoms with E-state index in [4.69, 9.17) is 4.74 Å². The summed E-state index contributed by atoms with van der Waals surface area (Å²) in [6, 6.07) is 14.4. The van der Waals surface area contributed by atoms with E-state index < -0.39 is 0 Å². The summed E-state index contributed by atoms with van der Waals surface area (Å²) in [5.41, 5.74) is 1.50. The Morgan fingerprint density at radius 3 is 2.65 bits per heavy atom. The molecule has 0 fully saturated rings. The van der Waals surface area contributed by atoms with Gasteiger partial charge < -0.3 is 9.64 Å². The Morgan fingerprint density at radius 2 is 1.96 bits per heavy atom. The quantitative estimate of drug-likeness (QED) is 0.722. The second-order valence-electron chi connectivity index (χ2n) is 5.12. The summed E-state index contributed by atoms with van der Waals surface area (Å²) in [4.78, 5) is 13.8. The fourth-order valence-corrected chi connectivity index (χ4v) is 2.58. The molecule has 23 heavy (non-hydrogen) atoms. The van der Waals surface area contributed by atoms with E-state index in [0.717, 1.165) is 10.0 Å². The molecule has 0 N–H and O–H groups in total. The number of hydrogen-bond acceptors (Lipinski definition) is 2. The third-order valence-electron chi connectivity index (χ3n) is 3.44. The normalized spacial score (nSPS) is 10.6. The molecule has 0 spiro atoms. The van der Waals surface area contributed by atoms with Crippen LogP contribution in [0.5, 0.6) is 0 Å². The van der Waals surface area contributed by atoms with Crippen LogP contribution in [0.3, 0.4) is 0 Å². The van der Waals surface area contributed by atoms with Crippen molar-refractivity contribution in [2.45, 2.75) is 20.1 Å². The maximum absolute atomic E-state index is 13.8. The Kier molecular flexibility index (Phi) is 6.74. The number of hydrogen-bond donors (Lipinski definition) is 0. The molecule has 0 aromatic heterocycles. The van der Waals surface area contributed by atoms with Crippen molar-refractivity contribution >= 4 is 21.8 Å². The molecule has 122 valence electrons. The minimum atomic E-state index is -0.315. The summed E-state index contributed by atoms with van der Waals surface area (Å²) in [5, 5.41) is 0. The Morgan fingerprint density at radius 1 is 1.22 bits per heavy atom. The number of ether oxygens (including phenoxy) is 1. The molecule has 0 aliphatic carbocycles. The van der Waals surface area contributed by atoms with Crippen molar-refractivity contribution in [3.8, 4) is 0 Å². The van der Waals surface area contributed by atoms with Crippen LogP contribution in [0, 0.1) is 5.82 Å². The molecule has 2 aromatic rings. The van der Waals surface area contributed by atoms with Crippen LogP contribution in [0.4, 0.5) is 4.39 Å². The number of halogens is 2. The molecule has 2 aromatic carbocycles. The Balaban J connectivity index is 1.89. The first-order chi connectivity index (χ1) is 11.1. The lowest BCUT2D eigenvalue weighted by Crippen LogP contribution is -2.33. The fourth-order valence-electron chi connectivity index (χ4n) is 2.17. The number of carbonyl (C=O) groups excluding carboxylic acids is 1. The van der Waals surface area contributed by atoms with Crippen LogP contribution in [-0.2, 0) is 22.7 Å². The number of carbonyl (C=O) groups is 1. The molecule has 0 saturated heterocycles. The first-order valence-corrected chi connectivity index (χ1v) is 8.22. The van der Waals surface area contributed by atoms with Crippen molar-refractivity contribution in [1.82, 2.24) is 4.90 Å². The zero-order chi connectivity index (χ0) is 16.7. The average molecular weight is 380 g/mol. The zero-order valence-electron chi connectivity index (χ0n) is 13.0. The summed E-state index contributed by atoms with van der Waals surface area (Å²) in [6.45, 7) is 2.97. The van der Waals surface area contributed by atoms with Gasteiger partial charge in [-0.2, -0.15) is 0 Å². The third kappa shape index (κ3) is 5.44. The molecule has 0 bridgehead atoms. The van der Waals surface area contributed by atoms with Gasteiger partial charge in [0, 0.05) is 23.1 Å². The Bertz CT molecular complexity index is 649. The van der Waals surface area contributed by atoms with Crippen molar-refractivity contribution in [2.75, 3.05) is 13.2 Å². The standard InChI is InChI=1S/C18H19BrFNO2/c1-2-21(11-15-10-16(19)8-9-17(15)20)18(22)13-23-12-14-6-4-3-5-7-14/h3-10H,2,11-13H2,1H3. The molecule has 5 heteroatoms. The molecular formula is C18H19BrFNO2. The van der Waals surface area contributed by atoms with Gasteiger partial charge in [0.2, 0.25) is 5.91 Å². The molecule has 0 radical (unpaired) electrons. The second kappa shape index (κ2) is 8.79. The molecule has 1 amide bonds. The number of benzene rings is 2. The predicted octanol–water partition coefficient (Wildman–Crippen LogP) is 4.15. The highest BCUT2D eigenvalue weighted by Gasteiger charge is 2.14. The van der Waals surface area contributed by atoms with Crippen molar-refractivity contribution in [3.05, 3.63) is 69.9 Å². The molecular weight excluding hydrogens is 361 g/mol. The van der Waals surface area contributed by atoms with Crippen LogP contribution in [0.1, 0.15) is 18.1 Å². The molecule has 3 nitrogen and oxygen atoms in total. The summed E-state index contributed by atoms with van der Waals surface area (Å²) in [7, 11) is 0. The summed E-state index contributed by atoms with van der Waals surface area (Å²) in [6.07, 6.45) is 0. The molecule has 0 aliphatic heterocycles. The van der Waals surface area contributed by atoms with Gasteiger partial charge in [0.25, 0.3) is 0 Å². The number of nitrogens with zero attached hydrogens (tertiary/aromatic N) is 1. The lowest BCUT2D eigenvalue weighted by atomic mass is 10.2. The maximum Gasteiger partial charge on any atom is 0.248 e. The van der Waals surface area contributed by atoms with Gasteiger partial charge in [-0.3, -0.25) is 4.79 Å². The summed E-state index contributed by atoms with van der Waals surface area (Å²) >= 11 is 3.32. The highest BCUT2D eigenvalue weighted by molar-refractivity contribution is 9.10. The number of amides is 1. The minimum Gasteiger partial charge on any atom is -0.367 e. The first-order valence-electron chi connectivity index (χ1n) is 7.43. The molecule has 0 heterocycles. The van der Waals surface area contributed by atoms with Crippen molar-refractivity contribution in [2.24, 2.45) is 0 Å². The SMILES string of the molecule is CCN(Cc1cc(Br)ccc1F)C(=O)COCc1ccccc1. The van der Waals surface area contributed by atoms with E-state index in [2.05, 4.69) is 15.9 Å². The molecule has 0 saturated carbocycles. The van der Waals surface area contributed by atoms with Gasteiger partial charge in [-0.25, -0.2) is 4.39 Å². The van der Waals surface area contributed by atoms with Crippen molar-refractivity contribution in [3.63, 3.8) is 0 Å². The average Bonchev–Trinajstić information content (AvgIpc) is 2.56. The van der Waals surface area contributed by atoms with E-state index in [9.17, 15) is 9.18 Å². The van der Waals surface area contributed by atoms with E-state index in [0.29, 0.717) is 18.7 Å². The van der Waals surface area contributed by atoms with Crippen LogP contribution in [-0.4, -0.2) is 24.0 Å². The van der Waals surface area contributed by atoms with Crippen molar-refractivity contribution < 1.29 is 13.9 Å². The highest BCUT2D eigenvalue weighted by Crippen LogP contribution is 2.17. The lowest BCUT2D eigenvalue weighted by molar-refractivity contribution is -0.137. The van der Waals surface area contributed by atoms with Crippen LogP contribution < -0.4 is 0 Å². The largest absolute Gasteiger partial charge is 0.367 e. The lowest BCUT2D eigenvalue weighted by Gasteiger charge is -2.21. The van der Waals surface area contributed by atoms with Gasteiger partial charge in [-0.05, 0) is 30.7 Å². The van der Waals surface area contributed by atoms with E-state index >= 15 is 0 Å². The molecule has 0 unspecified atom stereocenters. The van der Waals surface area contributed by atoms with Gasteiger partial charge in [-0.1, -0.05) is 46.3 Å². The van der Waals surface area contributed by atoms with E-state index in [1.165, 1.54) is 6.07 Å². The highest BCUT2D eigenvalue weighted by atomic mass is 79.9. The van der Waals surface area contributed by atoms with Gasteiger partial charge in [0.15, 0.2) is 0 Å². The van der Waals surface area contributed by atoms with Crippen LogP contribution in [0.2, 0.25) is 0 Å². The van der Waals surface area contributed by atoms with Gasteiger partial charge in [0.05, 0.1) is 6.61 Å². The number of likely N-dealkylation sites (N-methyl/N-ethyl adjacent to an activating group) is 1.